The lowest BCUT2D eigenvalue weighted by atomic mass is 10.1. The third-order valence-corrected chi connectivity index (χ3v) is 4.81. The highest BCUT2D eigenvalue weighted by Gasteiger charge is 2.10. The average Bonchev–Trinajstić information content (AvgIpc) is 3.39. The molecule has 0 bridgehead atoms. The molecule has 142 valence electrons. The number of hydrogen-bond donors (Lipinski definition) is 3. The van der Waals surface area contributed by atoms with Crippen LogP contribution in [0.1, 0.15) is 10.4 Å². The molecule has 0 saturated heterocycles. The van der Waals surface area contributed by atoms with Crippen LogP contribution in [0.3, 0.4) is 0 Å². The molecule has 29 heavy (non-hydrogen) atoms. The van der Waals surface area contributed by atoms with Gasteiger partial charge in [0.2, 0.25) is 0 Å². The van der Waals surface area contributed by atoms with Crippen molar-refractivity contribution < 1.29 is 9.53 Å². The number of fused-ring (bicyclic) bond motifs is 2. The number of amides is 1. The Hall–Kier alpha value is -4.13. The van der Waals surface area contributed by atoms with E-state index in [4.69, 9.17) is 4.74 Å². The lowest BCUT2D eigenvalue weighted by Crippen LogP contribution is -2.11. The minimum absolute atomic E-state index is 0.172. The van der Waals surface area contributed by atoms with Crippen LogP contribution in [0.5, 0.6) is 5.75 Å². The van der Waals surface area contributed by atoms with Gasteiger partial charge in [0.15, 0.2) is 0 Å². The lowest BCUT2D eigenvalue weighted by molar-refractivity contribution is 0.102. The van der Waals surface area contributed by atoms with E-state index in [0.717, 1.165) is 44.8 Å². The molecule has 0 radical (unpaired) electrons. The number of imidazole rings is 1. The smallest absolute Gasteiger partial charge is 0.255 e. The SMILES string of the molecule is COc1ccc2nc(-c3ccc(C(=O)Nc4ccc5[nH]ncc5c4)cc3)[nH]c2c1. The zero-order valence-electron chi connectivity index (χ0n) is 15.6. The number of aromatic amines is 2. The highest BCUT2D eigenvalue weighted by atomic mass is 16.5. The van der Waals surface area contributed by atoms with E-state index >= 15 is 0 Å². The van der Waals surface area contributed by atoms with Crippen molar-refractivity contribution in [2.75, 3.05) is 12.4 Å². The molecule has 0 unspecified atom stereocenters. The topological polar surface area (TPSA) is 95.7 Å². The third kappa shape index (κ3) is 3.19. The largest absolute Gasteiger partial charge is 0.497 e. The average molecular weight is 383 g/mol. The number of carbonyl (C=O) groups is 1. The summed E-state index contributed by atoms with van der Waals surface area (Å²) in [5.41, 5.74) is 4.87. The normalized spacial score (nSPS) is 11.1. The molecule has 2 heterocycles. The Morgan fingerprint density at radius 1 is 1.00 bits per heavy atom. The molecule has 7 heteroatoms. The quantitative estimate of drug-likeness (QED) is 0.429. The van der Waals surface area contributed by atoms with Gasteiger partial charge in [-0.25, -0.2) is 4.98 Å². The first-order valence-electron chi connectivity index (χ1n) is 9.08. The number of ether oxygens (including phenoxy) is 1. The van der Waals surface area contributed by atoms with Gasteiger partial charge in [-0.2, -0.15) is 5.10 Å². The minimum atomic E-state index is -0.172. The second-order valence-corrected chi connectivity index (χ2v) is 6.67. The summed E-state index contributed by atoms with van der Waals surface area (Å²) in [5, 5.41) is 10.7. The number of rotatable bonds is 4. The maximum atomic E-state index is 12.6. The van der Waals surface area contributed by atoms with Crippen molar-refractivity contribution in [1.82, 2.24) is 20.2 Å². The highest BCUT2D eigenvalue weighted by Crippen LogP contribution is 2.24. The molecule has 5 rings (SSSR count). The number of methoxy groups -OCH3 is 1. The summed E-state index contributed by atoms with van der Waals surface area (Å²) in [6.07, 6.45) is 1.72. The second kappa shape index (κ2) is 6.79. The van der Waals surface area contributed by atoms with E-state index in [-0.39, 0.29) is 5.91 Å². The molecule has 0 atom stereocenters. The number of nitrogens with zero attached hydrogens (tertiary/aromatic N) is 2. The van der Waals surface area contributed by atoms with Crippen LogP contribution in [0.25, 0.3) is 33.3 Å². The van der Waals surface area contributed by atoms with Gasteiger partial charge in [-0.15, -0.1) is 0 Å². The van der Waals surface area contributed by atoms with E-state index < -0.39 is 0 Å². The van der Waals surface area contributed by atoms with Gasteiger partial charge in [-0.1, -0.05) is 12.1 Å². The monoisotopic (exact) mass is 383 g/mol. The van der Waals surface area contributed by atoms with Crippen LogP contribution in [0.4, 0.5) is 5.69 Å². The van der Waals surface area contributed by atoms with Crippen molar-refractivity contribution in [2.45, 2.75) is 0 Å². The number of H-pyrrole nitrogens is 2. The Labute approximate surface area is 165 Å². The van der Waals surface area contributed by atoms with Gasteiger partial charge in [-0.3, -0.25) is 9.89 Å². The summed E-state index contributed by atoms with van der Waals surface area (Å²) in [6.45, 7) is 0. The fourth-order valence-electron chi connectivity index (χ4n) is 3.26. The first-order valence-corrected chi connectivity index (χ1v) is 9.08. The highest BCUT2D eigenvalue weighted by molar-refractivity contribution is 6.05. The Balaban J connectivity index is 1.37. The molecule has 0 fully saturated rings. The van der Waals surface area contributed by atoms with Crippen LogP contribution >= 0.6 is 0 Å². The molecule has 3 aromatic carbocycles. The number of anilines is 1. The van der Waals surface area contributed by atoms with Gasteiger partial charge in [0.05, 0.1) is 29.9 Å². The maximum Gasteiger partial charge on any atom is 0.255 e. The van der Waals surface area contributed by atoms with Gasteiger partial charge in [-0.05, 0) is 42.5 Å². The molecule has 0 aliphatic heterocycles. The Bertz CT molecular complexity index is 1330. The molecule has 3 N–H and O–H groups in total. The Morgan fingerprint density at radius 2 is 1.86 bits per heavy atom. The number of hydrogen-bond acceptors (Lipinski definition) is 4. The van der Waals surface area contributed by atoms with Gasteiger partial charge >= 0.3 is 0 Å². The molecule has 0 aliphatic carbocycles. The van der Waals surface area contributed by atoms with Crippen molar-refractivity contribution in [2.24, 2.45) is 0 Å². The van der Waals surface area contributed by atoms with E-state index in [1.807, 2.05) is 48.5 Å². The van der Waals surface area contributed by atoms with Crippen LogP contribution in [0.15, 0.2) is 66.9 Å². The summed E-state index contributed by atoms with van der Waals surface area (Å²) < 4.78 is 5.25. The molecule has 5 aromatic rings. The van der Waals surface area contributed by atoms with Crippen LogP contribution in [-0.4, -0.2) is 33.2 Å². The van der Waals surface area contributed by atoms with Gasteiger partial charge in [0, 0.05) is 28.3 Å². The zero-order valence-corrected chi connectivity index (χ0v) is 15.6. The van der Waals surface area contributed by atoms with Crippen molar-refractivity contribution in [3.05, 3.63) is 72.4 Å². The zero-order chi connectivity index (χ0) is 19.8. The fourth-order valence-corrected chi connectivity index (χ4v) is 3.26. The number of nitrogens with one attached hydrogen (secondary N) is 3. The molecule has 0 spiro atoms. The molecule has 0 saturated carbocycles. The fraction of sp³-hybridized carbons (Fsp3) is 0.0455. The van der Waals surface area contributed by atoms with Crippen LogP contribution in [0.2, 0.25) is 0 Å². The molecular formula is C22H17N5O2. The molecule has 0 aliphatic rings. The second-order valence-electron chi connectivity index (χ2n) is 6.67. The molecule has 2 aromatic heterocycles. The predicted octanol–water partition coefficient (Wildman–Crippen LogP) is 4.37. The van der Waals surface area contributed by atoms with Gasteiger partial charge < -0.3 is 15.0 Å². The molecule has 7 nitrogen and oxygen atoms in total. The molecule has 1 amide bonds. The summed E-state index contributed by atoms with van der Waals surface area (Å²) >= 11 is 0. The summed E-state index contributed by atoms with van der Waals surface area (Å²) in [7, 11) is 1.63. The molecular weight excluding hydrogens is 366 g/mol. The first kappa shape index (κ1) is 17.0. The third-order valence-electron chi connectivity index (χ3n) is 4.81. The first-order chi connectivity index (χ1) is 14.2. The number of aromatic nitrogens is 4. The Kier molecular flexibility index (Phi) is 3.98. The van der Waals surface area contributed by atoms with Crippen LogP contribution < -0.4 is 10.1 Å². The van der Waals surface area contributed by atoms with Crippen molar-refractivity contribution >= 4 is 33.5 Å². The van der Waals surface area contributed by atoms with Crippen LogP contribution in [0, 0.1) is 0 Å². The number of benzene rings is 3. The summed E-state index contributed by atoms with van der Waals surface area (Å²) in [6, 6.07) is 18.6. The standard InChI is InChI=1S/C22H17N5O2/c1-29-17-7-9-19-20(11-17)26-21(25-19)13-2-4-14(5-3-13)22(28)24-16-6-8-18-15(10-16)12-23-27-18/h2-12H,1H3,(H,23,27)(H,24,28)(H,25,26). The van der Waals surface area contributed by atoms with Crippen molar-refractivity contribution in [1.29, 1.82) is 0 Å². The minimum Gasteiger partial charge on any atom is -0.497 e. The van der Waals surface area contributed by atoms with E-state index in [2.05, 4.69) is 25.5 Å². The van der Waals surface area contributed by atoms with E-state index in [1.54, 1.807) is 25.4 Å². The van der Waals surface area contributed by atoms with Gasteiger partial charge in [0.1, 0.15) is 11.6 Å². The van der Waals surface area contributed by atoms with E-state index in [9.17, 15) is 4.79 Å². The summed E-state index contributed by atoms with van der Waals surface area (Å²) in [5.74, 6) is 1.34. The summed E-state index contributed by atoms with van der Waals surface area (Å²) in [4.78, 5) is 20.5. The van der Waals surface area contributed by atoms with Crippen LogP contribution in [-0.2, 0) is 0 Å². The maximum absolute atomic E-state index is 12.6. The predicted molar refractivity (Wildman–Crippen MR) is 112 cm³/mol. The van der Waals surface area contributed by atoms with Gasteiger partial charge in [0.25, 0.3) is 5.91 Å². The van der Waals surface area contributed by atoms with E-state index in [0.29, 0.717) is 5.56 Å². The number of carbonyl (C=O) groups excluding carboxylic acids is 1. The van der Waals surface area contributed by atoms with Crippen molar-refractivity contribution in [3.63, 3.8) is 0 Å². The van der Waals surface area contributed by atoms with Crippen molar-refractivity contribution in [3.8, 4) is 17.1 Å². The lowest BCUT2D eigenvalue weighted by Gasteiger charge is -2.06. The van der Waals surface area contributed by atoms with E-state index in [1.165, 1.54) is 0 Å². The Morgan fingerprint density at radius 3 is 2.69 bits per heavy atom.